The predicted octanol–water partition coefficient (Wildman–Crippen LogP) is 5.91. The minimum absolute atomic E-state index is 0.0174. The van der Waals surface area contributed by atoms with E-state index in [1.807, 2.05) is 30.0 Å². The fraction of sp³-hybridized carbons (Fsp3) is 0.441. The molecular formula is C34H35ClF3N7O5. The van der Waals surface area contributed by atoms with Gasteiger partial charge in [-0.1, -0.05) is 18.5 Å². The SMILES string of the molecule is C[C@@H]1C[C@H](C(=O)Nc2ccc(C(F)(F)F)cc2Cl)n2c1c(N1CCN(C(=O)OC(C)(C)C)CC1)c(=O)n1nc(-c3ccc4c(c3)CCO4)nc21. The van der Waals surface area contributed by atoms with E-state index >= 15 is 0 Å². The van der Waals surface area contributed by atoms with Gasteiger partial charge in [-0.15, -0.1) is 5.10 Å². The molecule has 0 saturated carbocycles. The lowest BCUT2D eigenvalue weighted by Gasteiger charge is -2.37. The Morgan fingerprint density at radius 1 is 1.06 bits per heavy atom. The lowest BCUT2D eigenvalue weighted by molar-refractivity contribution is -0.137. The molecule has 3 aliphatic rings. The molecule has 2 aromatic carbocycles. The molecule has 0 radical (unpaired) electrons. The fourth-order valence-electron chi connectivity index (χ4n) is 6.78. The minimum atomic E-state index is -4.60. The van der Waals surface area contributed by atoms with Crippen LogP contribution in [0.15, 0.2) is 41.2 Å². The highest BCUT2D eigenvalue weighted by atomic mass is 35.5. The maximum absolute atomic E-state index is 14.4. The smallest absolute Gasteiger partial charge is 0.416 e. The molecule has 4 aromatic rings. The van der Waals surface area contributed by atoms with E-state index in [-0.39, 0.29) is 34.7 Å². The van der Waals surface area contributed by atoms with E-state index in [1.165, 1.54) is 4.52 Å². The number of nitrogens with one attached hydrogen (secondary N) is 1. The minimum Gasteiger partial charge on any atom is -0.493 e. The molecule has 5 heterocycles. The molecule has 3 aliphatic heterocycles. The topological polar surface area (TPSA) is 123 Å². The van der Waals surface area contributed by atoms with Crippen LogP contribution >= 0.6 is 11.6 Å². The number of anilines is 2. The van der Waals surface area contributed by atoms with Crippen molar-refractivity contribution in [1.29, 1.82) is 0 Å². The summed E-state index contributed by atoms with van der Waals surface area (Å²) in [7, 11) is 0. The second-order valence-electron chi connectivity index (χ2n) is 13.8. The molecule has 16 heteroatoms. The van der Waals surface area contributed by atoms with Crippen LogP contribution in [0.5, 0.6) is 5.75 Å². The zero-order valence-electron chi connectivity index (χ0n) is 27.8. The Hall–Kier alpha value is -4.79. The number of ether oxygens (including phenoxy) is 2. The first kappa shape index (κ1) is 33.7. The summed E-state index contributed by atoms with van der Waals surface area (Å²) in [5.41, 5.74) is 0.578. The van der Waals surface area contributed by atoms with Crippen LogP contribution in [0.2, 0.25) is 5.02 Å². The van der Waals surface area contributed by atoms with Crippen LogP contribution in [0.4, 0.5) is 29.3 Å². The van der Waals surface area contributed by atoms with E-state index in [9.17, 15) is 27.6 Å². The summed E-state index contributed by atoms with van der Waals surface area (Å²) in [6.45, 7) is 9.10. The zero-order chi connectivity index (χ0) is 35.7. The summed E-state index contributed by atoms with van der Waals surface area (Å²) in [5, 5.41) is 7.06. The summed E-state index contributed by atoms with van der Waals surface area (Å²) in [4.78, 5) is 49.4. The Labute approximate surface area is 289 Å². The fourth-order valence-corrected chi connectivity index (χ4v) is 7.00. The summed E-state index contributed by atoms with van der Waals surface area (Å²) >= 11 is 6.20. The molecule has 2 aromatic heterocycles. The van der Waals surface area contributed by atoms with E-state index in [1.54, 1.807) is 30.2 Å². The number of halogens is 4. The normalized spacial score (nSPS) is 19.0. The van der Waals surface area contributed by atoms with Crippen LogP contribution in [-0.2, 0) is 22.1 Å². The maximum atomic E-state index is 14.4. The standard InChI is InChI=1S/C34H35ClF3N7O5/c1-18-15-24(29(46)39-23-7-6-21(17-22(23)35)34(36,37)38)44-26(18)27(42-10-12-43(13-11-42)32(48)50-33(2,3)4)30(47)45-31(44)40-28(41-45)20-5-8-25-19(16-20)9-14-49-25/h5-8,16-18,24H,9-15H2,1-4H3,(H,39,46)/t18-,24-/m1/s1. The lowest BCUT2D eigenvalue weighted by Crippen LogP contribution is -2.51. The maximum Gasteiger partial charge on any atom is 0.416 e. The average Bonchev–Trinajstić information content (AvgIpc) is 3.78. The van der Waals surface area contributed by atoms with Gasteiger partial charge in [0.05, 0.1) is 28.6 Å². The molecule has 7 rings (SSSR count). The number of amides is 2. The van der Waals surface area contributed by atoms with Crippen molar-refractivity contribution in [2.75, 3.05) is 43.0 Å². The summed E-state index contributed by atoms with van der Waals surface area (Å²) < 4.78 is 53.9. The molecule has 0 aliphatic carbocycles. The number of aromatic nitrogens is 4. The highest BCUT2D eigenvalue weighted by Gasteiger charge is 2.41. The first-order valence-corrected chi connectivity index (χ1v) is 16.7. The molecule has 1 saturated heterocycles. The van der Waals surface area contributed by atoms with Crippen molar-refractivity contribution in [3.63, 3.8) is 0 Å². The largest absolute Gasteiger partial charge is 0.493 e. The van der Waals surface area contributed by atoms with Crippen LogP contribution in [0.1, 0.15) is 62.9 Å². The Morgan fingerprint density at radius 2 is 1.80 bits per heavy atom. The molecule has 0 unspecified atom stereocenters. The van der Waals surface area contributed by atoms with Crippen LogP contribution in [0, 0.1) is 0 Å². The van der Waals surface area contributed by atoms with Gasteiger partial charge in [0.1, 0.15) is 23.1 Å². The number of carbonyl (C=O) groups is 2. The van der Waals surface area contributed by atoms with Crippen LogP contribution < -0.4 is 20.5 Å². The number of benzene rings is 2. The third-order valence-electron chi connectivity index (χ3n) is 9.11. The van der Waals surface area contributed by atoms with Gasteiger partial charge in [-0.05, 0) is 69.2 Å². The molecule has 0 bridgehead atoms. The summed E-state index contributed by atoms with van der Waals surface area (Å²) in [6.07, 6.45) is -4.05. The van der Waals surface area contributed by atoms with E-state index in [4.69, 9.17) is 26.1 Å². The monoisotopic (exact) mass is 713 g/mol. The second kappa shape index (κ2) is 12.2. The van der Waals surface area contributed by atoms with Gasteiger partial charge in [-0.2, -0.15) is 22.7 Å². The molecule has 1 fully saturated rings. The molecule has 2 amide bonds. The molecule has 0 spiro atoms. The average molecular weight is 714 g/mol. The Balaban J connectivity index is 1.29. The number of fused-ring (bicyclic) bond motifs is 4. The number of nitrogens with zero attached hydrogens (tertiary/aromatic N) is 6. The number of carbonyl (C=O) groups excluding carboxylic acids is 2. The van der Waals surface area contributed by atoms with Crippen molar-refractivity contribution < 1.29 is 32.2 Å². The highest BCUT2D eigenvalue weighted by molar-refractivity contribution is 6.33. The highest BCUT2D eigenvalue weighted by Crippen LogP contribution is 2.43. The Bertz CT molecular complexity index is 2080. The van der Waals surface area contributed by atoms with Gasteiger partial charge in [-0.3, -0.25) is 14.2 Å². The van der Waals surface area contributed by atoms with Gasteiger partial charge in [0.15, 0.2) is 5.82 Å². The molecule has 50 heavy (non-hydrogen) atoms. The van der Waals surface area contributed by atoms with Crippen molar-refractivity contribution in [2.24, 2.45) is 0 Å². The van der Waals surface area contributed by atoms with E-state index in [0.717, 1.165) is 35.9 Å². The second-order valence-corrected chi connectivity index (χ2v) is 14.2. The number of hydrogen-bond donors (Lipinski definition) is 1. The van der Waals surface area contributed by atoms with Gasteiger partial charge in [0.2, 0.25) is 11.7 Å². The summed E-state index contributed by atoms with van der Waals surface area (Å²) in [5.74, 6) is 0.363. The lowest BCUT2D eigenvalue weighted by atomic mass is 10.0. The molecule has 12 nitrogen and oxygen atoms in total. The van der Waals surface area contributed by atoms with Gasteiger partial charge in [0, 0.05) is 44.1 Å². The third-order valence-corrected chi connectivity index (χ3v) is 9.42. The van der Waals surface area contributed by atoms with Gasteiger partial charge >= 0.3 is 12.3 Å². The van der Waals surface area contributed by atoms with Crippen molar-refractivity contribution in [3.05, 3.63) is 68.6 Å². The third kappa shape index (κ3) is 6.11. The first-order valence-electron chi connectivity index (χ1n) is 16.3. The van der Waals surface area contributed by atoms with E-state index in [0.29, 0.717) is 49.7 Å². The van der Waals surface area contributed by atoms with Crippen molar-refractivity contribution in [3.8, 4) is 17.1 Å². The van der Waals surface area contributed by atoms with Crippen LogP contribution in [-0.4, -0.2) is 74.5 Å². The number of piperazine rings is 1. The molecule has 2 atom stereocenters. The predicted molar refractivity (Wildman–Crippen MR) is 179 cm³/mol. The zero-order valence-corrected chi connectivity index (χ0v) is 28.6. The summed E-state index contributed by atoms with van der Waals surface area (Å²) in [6, 6.07) is 7.38. The van der Waals surface area contributed by atoms with Gasteiger partial charge in [-0.25, -0.2) is 4.79 Å². The number of alkyl halides is 3. The Kier molecular flexibility index (Phi) is 8.23. The molecule has 1 N–H and O–H groups in total. The number of hydrogen-bond acceptors (Lipinski definition) is 8. The van der Waals surface area contributed by atoms with E-state index in [2.05, 4.69) is 10.4 Å². The number of rotatable bonds is 4. The quantitative estimate of drug-likeness (QED) is 0.277. The van der Waals surface area contributed by atoms with Crippen LogP contribution in [0.3, 0.4) is 0 Å². The van der Waals surface area contributed by atoms with Crippen LogP contribution in [0.25, 0.3) is 17.2 Å². The molecular weight excluding hydrogens is 679 g/mol. The first-order chi connectivity index (χ1) is 23.6. The van der Waals surface area contributed by atoms with Crippen molar-refractivity contribution in [1.82, 2.24) is 24.1 Å². The van der Waals surface area contributed by atoms with Gasteiger partial charge < -0.3 is 24.6 Å². The Morgan fingerprint density at radius 3 is 2.48 bits per heavy atom. The van der Waals surface area contributed by atoms with Crippen molar-refractivity contribution >= 4 is 40.8 Å². The van der Waals surface area contributed by atoms with E-state index < -0.39 is 40.9 Å². The van der Waals surface area contributed by atoms with Crippen molar-refractivity contribution in [2.45, 2.75) is 64.3 Å². The molecule has 264 valence electrons. The van der Waals surface area contributed by atoms with Gasteiger partial charge in [0.25, 0.3) is 5.56 Å².